The summed E-state index contributed by atoms with van der Waals surface area (Å²) in [5, 5.41) is 0. The fourth-order valence-electron chi connectivity index (χ4n) is 6.17. The van der Waals surface area contributed by atoms with Crippen molar-refractivity contribution in [2.45, 2.75) is 20.0 Å². The minimum atomic E-state index is -0.626. The number of H-pyrrole nitrogens is 2. The Morgan fingerprint density at radius 2 is 1.11 bits per heavy atom. The molecule has 7 heteroatoms. The third-order valence-corrected chi connectivity index (χ3v) is 8.17. The maximum Gasteiger partial charge on any atom is 0.268 e. The number of benzene rings is 2. The summed E-state index contributed by atoms with van der Waals surface area (Å²) in [6.45, 7) is 3.67. The summed E-state index contributed by atoms with van der Waals surface area (Å²) in [6, 6.07) is 30.1. The van der Waals surface area contributed by atoms with Crippen LogP contribution in [0.4, 0.5) is 0 Å². The Bertz CT molecular complexity index is 2420. The van der Waals surface area contributed by atoms with Gasteiger partial charge in [-0.25, -0.2) is 9.97 Å². The fraction of sp³-hybridized carbons (Fsp3) is 0.0769. The number of ether oxygens (including phenoxy) is 1. The Morgan fingerprint density at radius 1 is 0.565 bits per heavy atom. The molecule has 46 heavy (non-hydrogen) atoms. The third-order valence-electron chi connectivity index (χ3n) is 8.17. The van der Waals surface area contributed by atoms with E-state index in [9.17, 15) is 9.59 Å². The highest BCUT2D eigenvalue weighted by Gasteiger charge is 2.29. The first-order valence-corrected chi connectivity index (χ1v) is 15.2. The number of nitrogens with one attached hydrogen (secondary N) is 2. The van der Waals surface area contributed by atoms with Crippen molar-refractivity contribution in [1.29, 1.82) is 0 Å². The zero-order chi connectivity index (χ0) is 31.4. The van der Waals surface area contributed by atoms with Crippen LogP contribution in [0.5, 0.6) is 5.75 Å². The summed E-state index contributed by atoms with van der Waals surface area (Å²) < 4.78 is 5.91. The molecule has 0 radical (unpaired) electrons. The maximum atomic E-state index is 13.3. The van der Waals surface area contributed by atoms with E-state index in [0.29, 0.717) is 16.8 Å². The van der Waals surface area contributed by atoms with Gasteiger partial charge in [0, 0.05) is 38.8 Å². The highest BCUT2D eigenvalue weighted by molar-refractivity contribution is 5.98. The van der Waals surface area contributed by atoms with Crippen LogP contribution in [0.15, 0.2) is 101 Å². The lowest BCUT2D eigenvalue weighted by atomic mass is 9.98. The van der Waals surface area contributed by atoms with E-state index < -0.39 is 10.9 Å². The van der Waals surface area contributed by atoms with Gasteiger partial charge in [-0.1, -0.05) is 60.7 Å². The second-order valence-corrected chi connectivity index (χ2v) is 11.6. The minimum absolute atomic E-state index is 0.0662. The average molecular weight is 601 g/mol. The molecule has 8 rings (SSSR count). The van der Waals surface area contributed by atoms with Crippen LogP contribution in [-0.4, -0.2) is 26.0 Å². The molecule has 2 N–H and O–H groups in total. The molecule has 3 aromatic carbocycles. The molecule has 5 heterocycles. The minimum Gasteiger partial charge on any atom is -0.486 e. The summed E-state index contributed by atoms with van der Waals surface area (Å²) in [5.41, 5.74) is 9.45. The topological polar surface area (TPSA) is 101 Å². The van der Waals surface area contributed by atoms with Gasteiger partial charge < -0.3 is 14.7 Å². The molecule has 3 aromatic heterocycles. The Balaban J connectivity index is 1.55. The van der Waals surface area contributed by atoms with Crippen LogP contribution in [0, 0.1) is 0 Å². The second-order valence-electron chi connectivity index (χ2n) is 11.6. The van der Waals surface area contributed by atoms with Gasteiger partial charge in [-0.3, -0.25) is 9.59 Å². The highest BCUT2D eigenvalue weighted by Crippen LogP contribution is 2.37. The van der Waals surface area contributed by atoms with Gasteiger partial charge in [0.2, 0.25) is 5.43 Å². The van der Waals surface area contributed by atoms with E-state index in [-0.39, 0.29) is 17.4 Å². The molecule has 0 atom stereocenters. The molecule has 0 aliphatic carbocycles. The zero-order valence-electron chi connectivity index (χ0n) is 25.2. The van der Waals surface area contributed by atoms with Crippen molar-refractivity contribution in [2.24, 2.45) is 0 Å². The van der Waals surface area contributed by atoms with Crippen molar-refractivity contribution in [1.82, 2.24) is 19.9 Å². The van der Waals surface area contributed by atoms with Crippen LogP contribution in [0.3, 0.4) is 0 Å². The van der Waals surface area contributed by atoms with Crippen molar-refractivity contribution < 1.29 is 4.74 Å². The van der Waals surface area contributed by atoms with Crippen molar-refractivity contribution in [2.75, 3.05) is 0 Å². The number of hydrogen-bond acceptors (Lipinski definition) is 5. The lowest BCUT2D eigenvalue weighted by Crippen LogP contribution is -2.36. The molecule has 0 unspecified atom stereocenters. The first-order valence-electron chi connectivity index (χ1n) is 15.2. The molecule has 7 nitrogen and oxygen atoms in total. The monoisotopic (exact) mass is 600 g/mol. The highest BCUT2D eigenvalue weighted by atomic mass is 16.5. The van der Waals surface area contributed by atoms with Gasteiger partial charge in [-0.2, -0.15) is 0 Å². The van der Waals surface area contributed by atoms with Crippen molar-refractivity contribution in [3.63, 3.8) is 0 Å². The Kier molecular flexibility index (Phi) is 6.46. The van der Waals surface area contributed by atoms with Gasteiger partial charge >= 0.3 is 0 Å². The van der Waals surface area contributed by atoms with E-state index in [2.05, 4.69) is 9.97 Å². The molecule has 0 spiro atoms. The van der Waals surface area contributed by atoms with Crippen molar-refractivity contribution in [3.8, 4) is 39.1 Å². The number of aromatic amines is 2. The first kappa shape index (κ1) is 27.5. The Labute approximate surface area is 263 Å². The Morgan fingerprint density at radius 3 is 1.76 bits per heavy atom. The normalized spacial score (nSPS) is 12.3. The molecule has 6 aromatic rings. The van der Waals surface area contributed by atoms with E-state index in [0.717, 1.165) is 55.9 Å². The second kappa shape index (κ2) is 10.8. The largest absolute Gasteiger partial charge is 0.486 e. The molecule has 2 aliphatic rings. The third kappa shape index (κ3) is 4.61. The molecule has 8 bridgehead atoms. The van der Waals surface area contributed by atoms with E-state index in [1.165, 1.54) is 0 Å². The van der Waals surface area contributed by atoms with Gasteiger partial charge in [0.25, 0.3) is 5.43 Å². The summed E-state index contributed by atoms with van der Waals surface area (Å²) in [4.78, 5) is 43.4. The van der Waals surface area contributed by atoms with E-state index >= 15 is 0 Å². The standard InChI is InChI=1S/C39H28N4O3/c1-22(2)46-39-36(37(44)38(39)45)35-31-19-17-29(42-31)33(23-9-5-3-6-10-23)27-15-13-25(40-27)21-26-14-16-28(41-26)34(24-11-7-4-8-12-24)30-18-20-32(35)43-30/h3-22,40,43H,1-2H3. The van der Waals surface area contributed by atoms with Crippen molar-refractivity contribution in [3.05, 3.63) is 134 Å². The van der Waals surface area contributed by atoms with Gasteiger partial charge in [0.1, 0.15) is 0 Å². The fourth-order valence-corrected chi connectivity index (χ4v) is 6.17. The molecule has 0 amide bonds. The first-order chi connectivity index (χ1) is 22.4. The number of nitrogens with zero attached hydrogens (tertiary/aromatic N) is 2. The SMILES string of the molecule is CC(C)Oc1c(-c2c3nc(c(-c4ccccc4)c4ccc(cc5nc(c(-c6ccccc6)c6ccc2[nH]6)C=C5)[nH]4)C=C3)c(=O)c1=O. The molecule has 0 saturated carbocycles. The van der Waals surface area contributed by atoms with Crippen LogP contribution in [-0.2, 0) is 0 Å². The predicted molar refractivity (Wildman–Crippen MR) is 186 cm³/mol. The van der Waals surface area contributed by atoms with Crippen LogP contribution < -0.4 is 15.6 Å². The maximum absolute atomic E-state index is 13.3. The van der Waals surface area contributed by atoms with Crippen LogP contribution >= 0.6 is 0 Å². The summed E-state index contributed by atoms with van der Waals surface area (Å²) in [6.07, 6.45) is 7.57. The quantitative estimate of drug-likeness (QED) is 0.195. The number of rotatable bonds is 5. The molecule has 2 aliphatic heterocycles. The zero-order valence-corrected chi connectivity index (χ0v) is 25.2. The lowest BCUT2D eigenvalue weighted by molar-refractivity contribution is 0.238. The van der Waals surface area contributed by atoms with Crippen LogP contribution in [0.1, 0.15) is 36.6 Å². The summed E-state index contributed by atoms with van der Waals surface area (Å²) >= 11 is 0. The number of aromatic nitrogens is 4. The predicted octanol–water partition coefficient (Wildman–Crippen LogP) is 8.04. The lowest BCUT2D eigenvalue weighted by Gasteiger charge is -2.15. The Hall–Kier alpha value is -6.08. The van der Waals surface area contributed by atoms with Crippen molar-refractivity contribution >= 4 is 46.4 Å². The smallest absolute Gasteiger partial charge is 0.268 e. The van der Waals surface area contributed by atoms with Gasteiger partial charge in [-0.15, -0.1) is 0 Å². The molecule has 0 fully saturated rings. The van der Waals surface area contributed by atoms with Crippen LogP contribution in [0.2, 0.25) is 0 Å². The van der Waals surface area contributed by atoms with Gasteiger partial charge in [0.15, 0.2) is 5.75 Å². The molecular formula is C39H28N4O3. The summed E-state index contributed by atoms with van der Waals surface area (Å²) in [7, 11) is 0. The summed E-state index contributed by atoms with van der Waals surface area (Å²) in [5.74, 6) is 0.0662. The van der Waals surface area contributed by atoms with E-state index in [1.807, 2.05) is 129 Å². The number of hydrogen-bond donors (Lipinski definition) is 2. The van der Waals surface area contributed by atoms with Gasteiger partial charge in [-0.05, 0) is 79.6 Å². The molecule has 0 saturated heterocycles. The van der Waals surface area contributed by atoms with E-state index in [4.69, 9.17) is 14.7 Å². The molecule has 222 valence electrons. The van der Waals surface area contributed by atoms with Crippen LogP contribution in [0.25, 0.3) is 79.8 Å². The van der Waals surface area contributed by atoms with Gasteiger partial charge in [0.05, 0.1) is 34.4 Å². The molecular weight excluding hydrogens is 572 g/mol. The van der Waals surface area contributed by atoms with E-state index in [1.54, 1.807) is 0 Å². The average Bonchev–Trinajstić information content (AvgIpc) is 3.90. The number of fused-ring (bicyclic) bond motifs is 8.